The smallest absolute Gasteiger partial charge is 0.159 e. The molecule has 0 saturated carbocycles. The van der Waals surface area contributed by atoms with Crippen molar-refractivity contribution in [2.45, 2.75) is 6.04 Å². The molecule has 0 aliphatic rings. The SMILES string of the molecule is NC(c1ccc(F)c(F)c1)c1cccc(F)c1Cl. The summed E-state index contributed by atoms with van der Waals surface area (Å²) in [7, 11) is 0. The van der Waals surface area contributed by atoms with Gasteiger partial charge in [-0.05, 0) is 29.3 Å². The molecule has 0 amide bonds. The molecule has 2 N–H and O–H groups in total. The van der Waals surface area contributed by atoms with Crippen molar-refractivity contribution < 1.29 is 13.2 Å². The predicted molar refractivity (Wildman–Crippen MR) is 63.8 cm³/mol. The third-order valence-electron chi connectivity index (χ3n) is 2.62. The average Bonchev–Trinajstić information content (AvgIpc) is 2.35. The first-order valence-electron chi connectivity index (χ1n) is 5.15. The molecular formula is C13H9ClF3N. The first-order chi connectivity index (χ1) is 8.50. The minimum Gasteiger partial charge on any atom is -0.320 e. The number of hydrogen-bond donors (Lipinski definition) is 1. The number of benzene rings is 2. The molecule has 1 atom stereocenters. The molecule has 0 spiro atoms. The molecule has 0 radical (unpaired) electrons. The van der Waals surface area contributed by atoms with Gasteiger partial charge in [-0.1, -0.05) is 29.8 Å². The molecule has 0 aliphatic carbocycles. The summed E-state index contributed by atoms with van der Waals surface area (Å²) in [6.45, 7) is 0. The summed E-state index contributed by atoms with van der Waals surface area (Å²) >= 11 is 5.79. The summed E-state index contributed by atoms with van der Waals surface area (Å²) in [6.07, 6.45) is 0. The third kappa shape index (κ3) is 2.35. The Hall–Kier alpha value is -1.52. The molecule has 0 saturated heterocycles. The molecule has 0 aliphatic heterocycles. The van der Waals surface area contributed by atoms with Gasteiger partial charge in [0.05, 0.1) is 11.1 Å². The monoisotopic (exact) mass is 271 g/mol. The highest BCUT2D eigenvalue weighted by Gasteiger charge is 2.16. The van der Waals surface area contributed by atoms with Crippen LogP contribution in [0.4, 0.5) is 13.2 Å². The van der Waals surface area contributed by atoms with Crippen LogP contribution in [0.25, 0.3) is 0 Å². The largest absolute Gasteiger partial charge is 0.320 e. The van der Waals surface area contributed by atoms with Gasteiger partial charge in [0.25, 0.3) is 0 Å². The van der Waals surface area contributed by atoms with E-state index in [9.17, 15) is 13.2 Å². The zero-order valence-corrected chi connectivity index (χ0v) is 9.89. The normalized spacial score (nSPS) is 12.5. The summed E-state index contributed by atoms with van der Waals surface area (Å²) in [5.74, 6) is -2.57. The fraction of sp³-hybridized carbons (Fsp3) is 0.0769. The van der Waals surface area contributed by atoms with Crippen molar-refractivity contribution in [3.63, 3.8) is 0 Å². The second kappa shape index (κ2) is 5.00. The highest BCUT2D eigenvalue weighted by atomic mass is 35.5. The second-order valence-corrected chi connectivity index (χ2v) is 4.17. The lowest BCUT2D eigenvalue weighted by Gasteiger charge is -2.14. The quantitative estimate of drug-likeness (QED) is 0.883. The van der Waals surface area contributed by atoms with Crippen LogP contribution >= 0.6 is 11.6 Å². The predicted octanol–water partition coefficient (Wildman–Crippen LogP) is 3.81. The summed E-state index contributed by atoms with van der Waals surface area (Å²) in [4.78, 5) is 0. The molecule has 0 bridgehead atoms. The molecule has 18 heavy (non-hydrogen) atoms. The van der Waals surface area contributed by atoms with Gasteiger partial charge in [0, 0.05) is 0 Å². The Bertz CT molecular complexity index is 586. The molecular weight excluding hydrogens is 263 g/mol. The molecule has 5 heteroatoms. The van der Waals surface area contributed by atoms with Gasteiger partial charge in [-0.25, -0.2) is 13.2 Å². The minimum atomic E-state index is -1.00. The lowest BCUT2D eigenvalue weighted by Crippen LogP contribution is -2.13. The Kier molecular flexibility index (Phi) is 3.59. The van der Waals surface area contributed by atoms with Crippen LogP contribution in [0.15, 0.2) is 36.4 Å². The van der Waals surface area contributed by atoms with E-state index in [1.807, 2.05) is 0 Å². The summed E-state index contributed by atoms with van der Waals surface area (Å²) < 4.78 is 39.2. The zero-order chi connectivity index (χ0) is 13.3. The van der Waals surface area contributed by atoms with Gasteiger partial charge in [0.1, 0.15) is 5.82 Å². The van der Waals surface area contributed by atoms with Crippen LogP contribution in [0.3, 0.4) is 0 Å². The van der Waals surface area contributed by atoms with Gasteiger partial charge in [-0.2, -0.15) is 0 Å². The Morgan fingerprint density at radius 1 is 0.944 bits per heavy atom. The second-order valence-electron chi connectivity index (χ2n) is 3.79. The minimum absolute atomic E-state index is 0.116. The van der Waals surface area contributed by atoms with Crippen molar-refractivity contribution in [3.05, 3.63) is 70.0 Å². The standard InChI is InChI=1S/C13H9ClF3N/c14-12-8(2-1-3-10(12)16)13(18)7-4-5-9(15)11(17)6-7/h1-6,13H,18H2. The van der Waals surface area contributed by atoms with E-state index in [-0.39, 0.29) is 5.02 Å². The summed E-state index contributed by atoms with van der Waals surface area (Å²) in [6, 6.07) is 6.66. The van der Waals surface area contributed by atoms with E-state index in [0.29, 0.717) is 11.1 Å². The van der Waals surface area contributed by atoms with Gasteiger partial charge >= 0.3 is 0 Å². The third-order valence-corrected chi connectivity index (χ3v) is 3.02. The Morgan fingerprint density at radius 3 is 2.33 bits per heavy atom. The van der Waals surface area contributed by atoms with Crippen LogP contribution < -0.4 is 5.73 Å². The van der Waals surface area contributed by atoms with Crippen molar-refractivity contribution in [2.75, 3.05) is 0 Å². The Morgan fingerprint density at radius 2 is 1.67 bits per heavy atom. The van der Waals surface area contributed by atoms with Crippen LogP contribution in [-0.4, -0.2) is 0 Å². The van der Waals surface area contributed by atoms with E-state index in [0.717, 1.165) is 12.1 Å². The first kappa shape index (κ1) is 12.9. The lowest BCUT2D eigenvalue weighted by atomic mass is 9.99. The van der Waals surface area contributed by atoms with E-state index in [2.05, 4.69) is 0 Å². The number of hydrogen-bond acceptors (Lipinski definition) is 1. The number of nitrogens with two attached hydrogens (primary N) is 1. The van der Waals surface area contributed by atoms with Crippen molar-refractivity contribution >= 4 is 11.6 Å². The Labute approximate surface area is 107 Å². The van der Waals surface area contributed by atoms with Crippen molar-refractivity contribution in [1.29, 1.82) is 0 Å². The molecule has 94 valence electrons. The molecule has 2 aromatic rings. The van der Waals surface area contributed by atoms with Crippen molar-refractivity contribution in [3.8, 4) is 0 Å². The van der Waals surface area contributed by atoms with Crippen molar-refractivity contribution in [1.82, 2.24) is 0 Å². The van der Waals surface area contributed by atoms with E-state index in [1.54, 1.807) is 0 Å². The Balaban J connectivity index is 2.44. The fourth-order valence-electron chi connectivity index (χ4n) is 1.65. The van der Waals surface area contributed by atoms with Crippen LogP contribution in [-0.2, 0) is 0 Å². The molecule has 0 heterocycles. The van der Waals surface area contributed by atoms with Gasteiger partial charge in [0.2, 0.25) is 0 Å². The summed E-state index contributed by atoms with van der Waals surface area (Å²) in [5.41, 5.74) is 6.51. The molecule has 0 fully saturated rings. The topological polar surface area (TPSA) is 26.0 Å². The maximum absolute atomic E-state index is 13.3. The van der Waals surface area contributed by atoms with Crippen LogP contribution in [0.1, 0.15) is 17.2 Å². The molecule has 0 aromatic heterocycles. The number of halogens is 4. The van der Waals surface area contributed by atoms with E-state index < -0.39 is 23.5 Å². The molecule has 2 aromatic carbocycles. The van der Waals surface area contributed by atoms with E-state index >= 15 is 0 Å². The van der Waals surface area contributed by atoms with Gasteiger partial charge in [0.15, 0.2) is 11.6 Å². The molecule has 1 nitrogen and oxygen atoms in total. The highest BCUT2D eigenvalue weighted by Crippen LogP contribution is 2.28. The van der Waals surface area contributed by atoms with E-state index in [1.165, 1.54) is 24.3 Å². The van der Waals surface area contributed by atoms with Crippen molar-refractivity contribution in [2.24, 2.45) is 5.73 Å². The first-order valence-corrected chi connectivity index (χ1v) is 5.53. The highest BCUT2D eigenvalue weighted by molar-refractivity contribution is 6.31. The van der Waals surface area contributed by atoms with Crippen LogP contribution in [0.5, 0.6) is 0 Å². The maximum atomic E-state index is 13.3. The van der Waals surface area contributed by atoms with Gasteiger partial charge in [-0.15, -0.1) is 0 Å². The van der Waals surface area contributed by atoms with Crippen LogP contribution in [0.2, 0.25) is 5.02 Å². The lowest BCUT2D eigenvalue weighted by molar-refractivity contribution is 0.506. The van der Waals surface area contributed by atoms with E-state index in [4.69, 9.17) is 17.3 Å². The van der Waals surface area contributed by atoms with Crippen LogP contribution in [0, 0.1) is 17.5 Å². The average molecular weight is 272 g/mol. The number of rotatable bonds is 2. The maximum Gasteiger partial charge on any atom is 0.159 e. The fourth-order valence-corrected chi connectivity index (χ4v) is 1.89. The molecule has 2 rings (SSSR count). The zero-order valence-electron chi connectivity index (χ0n) is 9.13. The summed E-state index contributed by atoms with van der Waals surface area (Å²) in [5, 5.41) is -0.116. The van der Waals surface area contributed by atoms with Gasteiger partial charge in [-0.3, -0.25) is 0 Å². The molecule has 1 unspecified atom stereocenters. The van der Waals surface area contributed by atoms with Gasteiger partial charge < -0.3 is 5.73 Å².